The molecule has 4 nitrogen and oxygen atoms in total. The average Bonchev–Trinajstić information content (AvgIpc) is 3.63. The van der Waals surface area contributed by atoms with Gasteiger partial charge in [-0.15, -0.1) is 0 Å². The van der Waals surface area contributed by atoms with Gasteiger partial charge in [-0.2, -0.15) is 11.3 Å². The second-order valence-corrected chi connectivity index (χ2v) is 12.5. The lowest BCUT2D eigenvalue weighted by atomic mass is 9.88. The Morgan fingerprint density at radius 2 is 1.64 bits per heavy atom. The summed E-state index contributed by atoms with van der Waals surface area (Å²) in [6.07, 6.45) is 5.35. The van der Waals surface area contributed by atoms with Crippen molar-refractivity contribution in [3.05, 3.63) is 92.6 Å². The van der Waals surface area contributed by atoms with Crippen LogP contribution in [0.1, 0.15) is 43.7 Å². The SMILES string of the molecule is CC(=O)OC(Cc1ccccc1)CC1CCN(C[C@H]2CCN(Cc3ccc(Cl)cc3Cl)C2)CC1.c1ccsc1. The molecule has 7 heteroatoms. The molecular formula is C32H40Cl2N2O2S. The number of piperidine rings is 1. The van der Waals surface area contributed by atoms with E-state index in [1.165, 1.54) is 38.3 Å². The third kappa shape index (κ3) is 10.5. The van der Waals surface area contributed by atoms with Crippen molar-refractivity contribution >= 4 is 40.5 Å². The normalized spacial score (nSPS) is 19.3. The molecule has 0 amide bonds. The van der Waals surface area contributed by atoms with Crippen molar-refractivity contribution in [2.75, 3.05) is 32.7 Å². The van der Waals surface area contributed by atoms with Crippen LogP contribution >= 0.6 is 34.5 Å². The fourth-order valence-electron chi connectivity index (χ4n) is 5.75. The largest absolute Gasteiger partial charge is 0.462 e. The second kappa shape index (κ2) is 15.8. The number of thiophene rings is 1. The van der Waals surface area contributed by atoms with E-state index >= 15 is 0 Å². The fraction of sp³-hybridized carbons (Fsp3) is 0.469. The maximum absolute atomic E-state index is 11.7. The predicted molar refractivity (Wildman–Crippen MR) is 164 cm³/mol. The zero-order valence-corrected chi connectivity index (χ0v) is 25.1. The van der Waals surface area contributed by atoms with Gasteiger partial charge in [-0.05, 0) is 91.2 Å². The number of hydrogen-bond donors (Lipinski definition) is 0. The van der Waals surface area contributed by atoms with Crippen molar-refractivity contribution in [1.29, 1.82) is 0 Å². The van der Waals surface area contributed by atoms with Crippen molar-refractivity contribution in [3.63, 3.8) is 0 Å². The molecular weight excluding hydrogens is 547 g/mol. The number of carbonyl (C=O) groups is 1. The predicted octanol–water partition coefficient (Wildman–Crippen LogP) is 7.84. The number of ether oxygens (including phenoxy) is 1. The molecule has 0 N–H and O–H groups in total. The summed E-state index contributed by atoms with van der Waals surface area (Å²) in [5.41, 5.74) is 2.39. The van der Waals surface area contributed by atoms with Gasteiger partial charge in [-0.25, -0.2) is 0 Å². The molecule has 2 fully saturated rings. The molecule has 0 bridgehead atoms. The highest BCUT2D eigenvalue weighted by atomic mass is 35.5. The van der Waals surface area contributed by atoms with Gasteiger partial charge < -0.3 is 9.64 Å². The highest BCUT2D eigenvalue weighted by molar-refractivity contribution is 7.07. The summed E-state index contributed by atoms with van der Waals surface area (Å²) in [6, 6.07) is 20.2. The number of nitrogens with zero attached hydrogens (tertiary/aromatic N) is 2. The summed E-state index contributed by atoms with van der Waals surface area (Å²) in [6.45, 7) is 8.13. The van der Waals surface area contributed by atoms with E-state index in [1.807, 2.05) is 59.3 Å². The zero-order chi connectivity index (χ0) is 27.5. The summed E-state index contributed by atoms with van der Waals surface area (Å²) >= 11 is 14.1. The molecule has 0 radical (unpaired) electrons. The Kier molecular flexibility index (Phi) is 12.2. The van der Waals surface area contributed by atoms with Crippen molar-refractivity contribution in [3.8, 4) is 0 Å². The van der Waals surface area contributed by atoms with E-state index in [9.17, 15) is 4.79 Å². The van der Waals surface area contributed by atoms with Gasteiger partial charge in [-0.1, -0.05) is 71.7 Å². The summed E-state index contributed by atoms with van der Waals surface area (Å²) in [4.78, 5) is 16.8. The van der Waals surface area contributed by atoms with Crippen molar-refractivity contribution < 1.29 is 9.53 Å². The highest BCUT2D eigenvalue weighted by Crippen LogP contribution is 2.28. The number of benzene rings is 2. The number of carbonyl (C=O) groups excluding carboxylic acids is 1. The average molecular weight is 588 g/mol. The van der Waals surface area contributed by atoms with Crippen LogP contribution in [0.5, 0.6) is 0 Å². The van der Waals surface area contributed by atoms with Crippen LogP contribution in [-0.4, -0.2) is 54.6 Å². The summed E-state index contributed by atoms with van der Waals surface area (Å²) in [5, 5.41) is 5.54. The number of rotatable bonds is 9. The standard InChI is InChI=1S/C28H36Cl2N2O2.C4H4S/c1-21(33)34-27(15-22-5-3-2-4-6-22)16-23-9-12-31(13-10-23)18-24-11-14-32(19-24)20-25-7-8-26(29)17-28(25)30;1-2-4-5-3-1/h2-8,17,23-24,27H,9-16,18-20H2,1H3;1-4H/t24-,27?;/m1./s1. The van der Waals surface area contributed by atoms with E-state index < -0.39 is 0 Å². The maximum atomic E-state index is 11.7. The smallest absolute Gasteiger partial charge is 0.302 e. The Bertz CT molecular complexity index is 1100. The highest BCUT2D eigenvalue weighted by Gasteiger charge is 2.28. The van der Waals surface area contributed by atoms with E-state index in [2.05, 4.69) is 21.9 Å². The number of hydrogen-bond acceptors (Lipinski definition) is 5. The molecule has 2 aliphatic rings. The molecule has 0 spiro atoms. The first-order valence-electron chi connectivity index (χ1n) is 14.0. The van der Waals surface area contributed by atoms with Crippen LogP contribution in [0, 0.1) is 11.8 Å². The van der Waals surface area contributed by atoms with E-state index in [1.54, 1.807) is 11.3 Å². The lowest BCUT2D eigenvalue weighted by molar-refractivity contribution is -0.147. The number of esters is 1. The third-order valence-electron chi connectivity index (χ3n) is 7.66. The van der Waals surface area contributed by atoms with E-state index in [-0.39, 0.29) is 12.1 Å². The van der Waals surface area contributed by atoms with E-state index in [0.717, 1.165) is 62.1 Å². The van der Waals surface area contributed by atoms with Crippen LogP contribution in [-0.2, 0) is 22.5 Å². The van der Waals surface area contributed by atoms with Gasteiger partial charge in [0.2, 0.25) is 0 Å². The third-order valence-corrected chi connectivity index (χ3v) is 8.88. The van der Waals surface area contributed by atoms with Crippen molar-refractivity contribution in [2.24, 2.45) is 11.8 Å². The summed E-state index contributed by atoms with van der Waals surface area (Å²) < 4.78 is 5.69. The molecule has 2 saturated heterocycles. The monoisotopic (exact) mass is 586 g/mol. The lowest BCUT2D eigenvalue weighted by Gasteiger charge is -2.34. The minimum absolute atomic E-state index is 0.0282. The van der Waals surface area contributed by atoms with Crippen molar-refractivity contribution in [1.82, 2.24) is 9.80 Å². The first-order chi connectivity index (χ1) is 18.9. The van der Waals surface area contributed by atoms with Gasteiger partial charge in [0.25, 0.3) is 0 Å². The Morgan fingerprint density at radius 3 is 2.28 bits per heavy atom. The molecule has 3 aromatic rings. The molecule has 1 unspecified atom stereocenters. The van der Waals surface area contributed by atoms with E-state index in [4.69, 9.17) is 27.9 Å². The molecule has 2 aliphatic heterocycles. The van der Waals surface area contributed by atoms with Gasteiger partial charge >= 0.3 is 5.97 Å². The molecule has 39 heavy (non-hydrogen) atoms. The van der Waals surface area contributed by atoms with Crippen LogP contribution < -0.4 is 0 Å². The Morgan fingerprint density at radius 1 is 0.949 bits per heavy atom. The van der Waals surface area contributed by atoms with Gasteiger partial charge in [-0.3, -0.25) is 9.69 Å². The van der Waals surface area contributed by atoms with Crippen molar-refractivity contribution in [2.45, 2.75) is 51.7 Å². The first-order valence-corrected chi connectivity index (χ1v) is 15.7. The molecule has 0 saturated carbocycles. The molecule has 2 aromatic carbocycles. The molecule has 2 atom stereocenters. The lowest BCUT2D eigenvalue weighted by Crippen LogP contribution is -2.39. The Labute approximate surface area is 247 Å². The quantitative estimate of drug-likeness (QED) is 0.239. The van der Waals surface area contributed by atoms with Gasteiger partial charge in [0.15, 0.2) is 0 Å². The molecule has 210 valence electrons. The van der Waals surface area contributed by atoms with Gasteiger partial charge in [0, 0.05) is 43.0 Å². The number of likely N-dealkylation sites (tertiary alicyclic amines) is 2. The van der Waals surface area contributed by atoms with E-state index in [0.29, 0.717) is 10.9 Å². The molecule has 0 aliphatic carbocycles. The molecule has 1 aromatic heterocycles. The first kappa shape index (κ1) is 30.1. The Hall–Kier alpha value is -1.89. The van der Waals surface area contributed by atoms with Crippen LogP contribution in [0.4, 0.5) is 0 Å². The summed E-state index contributed by atoms with van der Waals surface area (Å²) in [5.74, 6) is 1.16. The fourth-order valence-corrected chi connectivity index (χ4v) is 6.67. The van der Waals surface area contributed by atoms with Gasteiger partial charge in [0.05, 0.1) is 0 Å². The minimum atomic E-state index is -0.177. The zero-order valence-electron chi connectivity index (χ0n) is 22.8. The second-order valence-electron chi connectivity index (χ2n) is 10.8. The van der Waals surface area contributed by atoms with Crippen LogP contribution in [0.15, 0.2) is 71.4 Å². The molecule has 3 heterocycles. The summed E-state index contributed by atoms with van der Waals surface area (Å²) in [7, 11) is 0. The maximum Gasteiger partial charge on any atom is 0.302 e. The minimum Gasteiger partial charge on any atom is -0.462 e. The van der Waals surface area contributed by atoms with Gasteiger partial charge in [0.1, 0.15) is 6.10 Å². The Balaban J connectivity index is 0.000000634. The topological polar surface area (TPSA) is 32.8 Å². The number of halogens is 2. The van der Waals surface area contributed by atoms with Crippen LogP contribution in [0.2, 0.25) is 10.0 Å². The van der Waals surface area contributed by atoms with Crippen LogP contribution in [0.25, 0.3) is 0 Å². The van der Waals surface area contributed by atoms with Crippen LogP contribution in [0.3, 0.4) is 0 Å². The molecule has 5 rings (SSSR count).